The number of nitrogens with one attached hydrogen (secondary N) is 1. The summed E-state index contributed by atoms with van der Waals surface area (Å²) in [6, 6.07) is 7.06. The number of halogens is 1. The van der Waals surface area contributed by atoms with Crippen molar-refractivity contribution in [3.63, 3.8) is 0 Å². The molecule has 6 heteroatoms. The molecule has 138 valence electrons. The van der Waals surface area contributed by atoms with Crippen LogP contribution in [0.5, 0.6) is 5.75 Å². The van der Waals surface area contributed by atoms with Gasteiger partial charge in [-0.05, 0) is 38.0 Å². The van der Waals surface area contributed by atoms with E-state index in [1.165, 1.54) is 0 Å². The zero-order valence-corrected chi connectivity index (χ0v) is 16.1. The van der Waals surface area contributed by atoms with Crippen LogP contribution in [0.3, 0.4) is 0 Å². The van der Waals surface area contributed by atoms with Crippen molar-refractivity contribution in [2.24, 2.45) is 5.41 Å². The molecule has 1 aliphatic rings. The Morgan fingerprint density at radius 2 is 1.92 bits per heavy atom. The minimum absolute atomic E-state index is 0.0712. The average Bonchev–Trinajstić information content (AvgIpc) is 2.54. The molecule has 2 rings (SSSR count). The molecule has 1 heterocycles. The molecule has 0 saturated carbocycles. The van der Waals surface area contributed by atoms with Gasteiger partial charge in [-0.25, -0.2) is 0 Å². The maximum atomic E-state index is 12.3. The summed E-state index contributed by atoms with van der Waals surface area (Å²) in [6.45, 7) is 8.85. The highest BCUT2D eigenvalue weighted by molar-refractivity contribution is 6.30. The second-order valence-corrected chi connectivity index (χ2v) is 7.98. The fourth-order valence-electron chi connectivity index (χ4n) is 2.82. The molecule has 2 amide bonds. The SMILES string of the molecule is CC(Oc1cccc(Cl)c1)C(=O)NC1CCN(C(=O)C(C)(C)C)CC1. The first kappa shape index (κ1) is 19.6. The summed E-state index contributed by atoms with van der Waals surface area (Å²) >= 11 is 5.92. The molecule has 5 nitrogen and oxygen atoms in total. The van der Waals surface area contributed by atoms with E-state index in [2.05, 4.69) is 5.32 Å². The molecular formula is C19H27ClN2O3. The van der Waals surface area contributed by atoms with Gasteiger partial charge in [0, 0.05) is 29.6 Å². The van der Waals surface area contributed by atoms with Crippen molar-refractivity contribution in [3.8, 4) is 5.75 Å². The molecule has 1 saturated heterocycles. The van der Waals surface area contributed by atoms with Gasteiger partial charge in [0.25, 0.3) is 5.91 Å². The second-order valence-electron chi connectivity index (χ2n) is 7.54. The molecule has 0 radical (unpaired) electrons. The van der Waals surface area contributed by atoms with E-state index >= 15 is 0 Å². The van der Waals surface area contributed by atoms with Gasteiger partial charge in [0.2, 0.25) is 5.91 Å². The molecule has 25 heavy (non-hydrogen) atoms. The number of likely N-dealkylation sites (tertiary alicyclic amines) is 1. The number of hydrogen-bond donors (Lipinski definition) is 1. The monoisotopic (exact) mass is 366 g/mol. The lowest BCUT2D eigenvalue weighted by molar-refractivity contribution is -0.140. The molecule has 1 aromatic carbocycles. The quantitative estimate of drug-likeness (QED) is 0.889. The van der Waals surface area contributed by atoms with Gasteiger partial charge < -0.3 is 15.0 Å². The molecule has 1 aliphatic heterocycles. The van der Waals surface area contributed by atoms with Crippen LogP contribution in [-0.4, -0.2) is 41.9 Å². The Bertz CT molecular complexity index is 619. The topological polar surface area (TPSA) is 58.6 Å². The zero-order chi connectivity index (χ0) is 18.6. The molecule has 0 aliphatic carbocycles. The minimum Gasteiger partial charge on any atom is -0.481 e. The van der Waals surface area contributed by atoms with Gasteiger partial charge in [-0.1, -0.05) is 38.4 Å². The van der Waals surface area contributed by atoms with Crippen LogP contribution in [0.15, 0.2) is 24.3 Å². The molecule has 1 aromatic rings. The number of hydrogen-bond acceptors (Lipinski definition) is 3. The third kappa shape index (κ3) is 5.63. The molecule has 0 aromatic heterocycles. The van der Waals surface area contributed by atoms with Gasteiger partial charge in [-0.3, -0.25) is 9.59 Å². The molecule has 0 spiro atoms. The fourth-order valence-corrected chi connectivity index (χ4v) is 3.00. The van der Waals surface area contributed by atoms with E-state index in [1.54, 1.807) is 31.2 Å². The number of nitrogens with zero attached hydrogens (tertiary/aromatic N) is 1. The molecule has 0 bridgehead atoms. The van der Waals surface area contributed by atoms with Crippen molar-refractivity contribution in [2.75, 3.05) is 13.1 Å². The van der Waals surface area contributed by atoms with Gasteiger partial charge in [0.1, 0.15) is 5.75 Å². The van der Waals surface area contributed by atoms with Gasteiger partial charge in [-0.15, -0.1) is 0 Å². The highest BCUT2D eigenvalue weighted by Crippen LogP contribution is 2.21. The first-order valence-corrected chi connectivity index (χ1v) is 9.06. The van der Waals surface area contributed by atoms with Crippen LogP contribution < -0.4 is 10.1 Å². The molecule has 1 unspecified atom stereocenters. The highest BCUT2D eigenvalue weighted by atomic mass is 35.5. The van der Waals surface area contributed by atoms with E-state index in [9.17, 15) is 9.59 Å². The van der Waals surface area contributed by atoms with E-state index in [4.69, 9.17) is 16.3 Å². The zero-order valence-electron chi connectivity index (χ0n) is 15.3. The summed E-state index contributed by atoms with van der Waals surface area (Å²) in [5, 5.41) is 3.59. The Balaban J connectivity index is 1.81. The lowest BCUT2D eigenvalue weighted by atomic mass is 9.93. The van der Waals surface area contributed by atoms with Gasteiger partial charge in [0.15, 0.2) is 6.10 Å². The summed E-state index contributed by atoms with van der Waals surface area (Å²) in [5.74, 6) is 0.580. The number of ether oxygens (including phenoxy) is 1. The number of rotatable bonds is 4. The van der Waals surface area contributed by atoms with E-state index in [0.29, 0.717) is 23.9 Å². The number of carbonyl (C=O) groups excluding carboxylic acids is 2. The Morgan fingerprint density at radius 1 is 1.28 bits per heavy atom. The van der Waals surface area contributed by atoms with Crippen LogP contribution in [0.25, 0.3) is 0 Å². The first-order chi connectivity index (χ1) is 11.7. The first-order valence-electron chi connectivity index (χ1n) is 8.69. The fraction of sp³-hybridized carbons (Fsp3) is 0.579. The summed E-state index contributed by atoms with van der Waals surface area (Å²) in [7, 11) is 0. The van der Waals surface area contributed by atoms with Crippen molar-refractivity contribution in [1.29, 1.82) is 0 Å². The summed E-state index contributed by atoms with van der Waals surface area (Å²) in [5.41, 5.74) is -0.366. The predicted molar refractivity (Wildman–Crippen MR) is 98.7 cm³/mol. The maximum absolute atomic E-state index is 12.3. The third-order valence-corrected chi connectivity index (χ3v) is 4.48. The molecule has 1 N–H and O–H groups in total. The normalized spacial score (nSPS) is 17.1. The maximum Gasteiger partial charge on any atom is 0.260 e. The average molecular weight is 367 g/mol. The molecule has 1 atom stereocenters. The summed E-state index contributed by atoms with van der Waals surface area (Å²) in [4.78, 5) is 26.5. The van der Waals surface area contributed by atoms with Crippen LogP contribution in [0.4, 0.5) is 0 Å². The summed E-state index contributed by atoms with van der Waals surface area (Å²) in [6.07, 6.45) is 0.919. The standard InChI is InChI=1S/C19H27ClN2O3/c1-13(25-16-7-5-6-14(20)12-16)17(23)21-15-8-10-22(11-9-15)18(24)19(2,3)4/h5-7,12-13,15H,8-11H2,1-4H3,(H,21,23). The van der Waals surface area contributed by atoms with Crippen molar-refractivity contribution in [1.82, 2.24) is 10.2 Å². The van der Waals surface area contributed by atoms with Crippen molar-refractivity contribution >= 4 is 23.4 Å². The Labute approximate surface area is 154 Å². The van der Waals surface area contributed by atoms with Gasteiger partial charge in [0.05, 0.1) is 0 Å². The molecular weight excluding hydrogens is 340 g/mol. The van der Waals surface area contributed by atoms with Crippen LogP contribution in [0, 0.1) is 5.41 Å². The van der Waals surface area contributed by atoms with Gasteiger partial charge >= 0.3 is 0 Å². The lowest BCUT2D eigenvalue weighted by Crippen LogP contribution is -2.51. The lowest BCUT2D eigenvalue weighted by Gasteiger charge is -2.36. The minimum atomic E-state index is -0.604. The van der Waals surface area contributed by atoms with E-state index in [1.807, 2.05) is 25.7 Å². The van der Waals surface area contributed by atoms with E-state index in [-0.39, 0.29) is 23.3 Å². The number of benzene rings is 1. The number of amides is 2. The smallest absolute Gasteiger partial charge is 0.260 e. The van der Waals surface area contributed by atoms with Crippen molar-refractivity contribution in [3.05, 3.63) is 29.3 Å². The van der Waals surface area contributed by atoms with E-state index < -0.39 is 6.10 Å². The highest BCUT2D eigenvalue weighted by Gasteiger charge is 2.31. The van der Waals surface area contributed by atoms with Crippen molar-refractivity contribution < 1.29 is 14.3 Å². The van der Waals surface area contributed by atoms with Crippen molar-refractivity contribution in [2.45, 2.75) is 52.7 Å². The third-order valence-electron chi connectivity index (χ3n) is 4.25. The van der Waals surface area contributed by atoms with E-state index in [0.717, 1.165) is 12.8 Å². The molecule has 1 fully saturated rings. The number of piperidine rings is 1. The predicted octanol–water partition coefficient (Wildman–Crippen LogP) is 3.26. The Morgan fingerprint density at radius 3 is 2.48 bits per heavy atom. The van der Waals surface area contributed by atoms with Gasteiger partial charge in [-0.2, -0.15) is 0 Å². The van der Waals surface area contributed by atoms with Crippen LogP contribution in [-0.2, 0) is 9.59 Å². The Hall–Kier alpha value is -1.75. The Kier molecular flexibility index (Phi) is 6.33. The van der Waals surface area contributed by atoms with Crippen LogP contribution in [0.1, 0.15) is 40.5 Å². The van der Waals surface area contributed by atoms with Crippen LogP contribution in [0.2, 0.25) is 5.02 Å². The second kappa shape index (κ2) is 8.09. The van der Waals surface area contributed by atoms with Crippen LogP contribution >= 0.6 is 11.6 Å². The number of carbonyl (C=O) groups is 2. The largest absolute Gasteiger partial charge is 0.481 e. The summed E-state index contributed by atoms with van der Waals surface area (Å²) < 4.78 is 5.64.